The van der Waals surface area contributed by atoms with Crippen LogP contribution >= 0.6 is 0 Å². The van der Waals surface area contributed by atoms with Gasteiger partial charge >= 0.3 is 5.97 Å². The van der Waals surface area contributed by atoms with E-state index in [0.717, 1.165) is 5.56 Å². The van der Waals surface area contributed by atoms with Gasteiger partial charge < -0.3 is 24.2 Å². The molecule has 0 radical (unpaired) electrons. The van der Waals surface area contributed by atoms with E-state index in [2.05, 4.69) is 0 Å². The van der Waals surface area contributed by atoms with Gasteiger partial charge in [0.25, 0.3) is 5.91 Å². The van der Waals surface area contributed by atoms with E-state index in [9.17, 15) is 19.5 Å². The quantitative estimate of drug-likeness (QED) is 0.529. The van der Waals surface area contributed by atoms with Crippen molar-refractivity contribution in [3.05, 3.63) is 23.8 Å². The molecule has 1 amide bonds. The van der Waals surface area contributed by atoms with Crippen molar-refractivity contribution in [2.45, 2.75) is 52.5 Å². The molecule has 1 fully saturated rings. The van der Waals surface area contributed by atoms with Crippen molar-refractivity contribution in [1.29, 1.82) is 0 Å². The first-order valence-corrected chi connectivity index (χ1v) is 11.2. The summed E-state index contributed by atoms with van der Waals surface area (Å²) in [7, 11) is 4.61. The van der Waals surface area contributed by atoms with Crippen LogP contribution in [0, 0.1) is 11.3 Å². The number of ether oxygens (including phenoxy) is 3. The standard InChI is InChI=1S/C25H35NO7/c1-7-25(2,3)22(27)23(28)26-13-9-12-17(20(26)24(29)30)11-8-10-16-14-18(31-4)21(33-6)19(15-16)32-5/h8,10,14-15,17,20H,7,9,11-13H2,1-6H3,(H,29,30). The average molecular weight is 462 g/mol. The van der Waals surface area contributed by atoms with Gasteiger partial charge in [0.05, 0.1) is 21.3 Å². The molecule has 0 saturated carbocycles. The highest BCUT2D eigenvalue weighted by molar-refractivity contribution is 6.38. The highest BCUT2D eigenvalue weighted by Crippen LogP contribution is 2.38. The fourth-order valence-corrected chi connectivity index (χ4v) is 4.04. The van der Waals surface area contributed by atoms with Crippen LogP contribution in [0.5, 0.6) is 17.2 Å². The van der Waals surface area contributed by atoms with Crippen LogP contribution in [0.1, 0.15) is 52.0 Å². The van der Waals surface area contributed by atoms with Crippen LogP contribution in [0.4, 0.5) is 0 Å². The molecule has 0 aromatic heterocycles. The number of ketones is 1. The molecule has 2 rings (SSSR count). The number of carbonyl (C=O) groups excluding carboxylic acids is 2. The molecule has 8 nitrogen and oxygen atoms in total. The van der Waals surface area contributed by atoms with Crippen LogP contribution in [0.2, 0.25) is 0 Å². The van der Waals surface area contributed by atoms with Gasteiger partial charge in [-0.2, -0.15) is 0 Å². The number of hydrogen-bond acceptors (Lipinski definition) is 6. The van der Waals surface area contributed by atoms with Gasteiger partial charge in [0, 0.05) is 12.0 Å². The fourth-order valence-electron chi connectivity index (χ4n) is 4.04. The minimum Gasteiger partial charge on any atom is -0.493 e. The summed E-state index contributed by atoms with van der Waals surface area (Å²) in [5, 5.41) is 9.90. The number of likely N-dealkylation sites (tertiary alicyclic amines) is 1. The molecule has 0 aliphatic carbocycles. The van der Waals surface area contributed by atoms with Crippen molar-refractivity contribution in [2.24, 2.45) is 11.3 Å². The lowest BCUT2D eigenvalue weighted by Gasteiger charge is -2.39. The number of carboxylic acid groups (broad SMARTS) is 1. The Balaban J connectivity index is 2.23. The van der Waals surface area contributed by atoms with E-state index in [0.29, 0.717) is 42.9 Å². The van der Waals surface area contributed by atoms with Gasteiger partial charge in [-0.1, -0.05) is 32.9 Å². The van der Waals surface area contributed by atoms with E-state index in [-0.39, 0.29) is 12.5 Å². The molecular formula is C25H35NO7. The second-order valence-corrected chi connectivity index (χ2v) is 8.85. The van der Waals surface area contributed by atoms with Crippen molar-refractivity contribution in [2.75, 3.05) is 27.9 Å². The van der Waals surface area contributed by atoms with Crippen molar-refractivity contribution in [3.8, 4) is 17.2 Å². The van der Waals surface area contributed by atoms with E-state index in [1.807, 2.05) is 19.1 Å². The number of carbonyl (C=O) groups is 3. The number of hydrogen-bond donors (Lipinski definition) is 1. The largest absolute Gasteiger partial charge is 0.493 e. The highest BCUT2D eigenvalue weighted by atomic mass is 16.5. The summed E-state index contributed by atoms with van der Waals surface area (Å²) in [6, 6.07) is 2.57. The van der Waals surface area contributed by atoms with Gasteiger partial charge in [0.15, 0.2) is 11.5 Å². The smallest absolute Gasteiger partial charge is 0.326 e. The second kappa shape index (κ2) is 11.2. The van der Waals surface area contributed by atoms with Gasteiger partial charge in [-0.05, 0) is 49.3 Å². The molecule has 2 unspecified atom stereocenters. The molecule has 0 spiro atoms. The molecule has 1 aromatic rings. The van der Waals surface area contributed by atoms with E-state index in [1.54, 1.807) is 26.0 Å². The minimum absolute atomic E-state index is 0.272. The Labute approximate surface area is 195 Å². The van der Waals surface area contributed by atoms with Gasteiger partial charge in [-0.25, -0.2) is 4.79 Å². The summed E-state index contributed by atoms with van der Waals surface area (Å²) < 4.78 is 16.1. The molecule has 1 saturated heterocycles. The number of allylic oxidation sites excluding steroid dienone is 1. The number of amides is 1. The molecule has 1 aliphatic heterocycles. The van der Waals surface area contributed by atoms with E-state index in [4.69, 9.17) is 14.2 Å². The number of benzene rings is 1. The first-order valence-electron chi connectivity index (χ1n) is 11.2. The summed E-state index contributed by atoms with van der Waals surface area (Å²) in [4.78, 5) is 39.0. The molecule has 1 aromatic carbocycles. The van der Waals surface area contributed by atoms with E-state index >= 15 is 0 Å². The van der Waals surface area contributed by atoms with Crippen molar-refractivity contribution >= 4 is 23.7 Å². The van der Waals surface area contributed by atoms with Crippen LogP contribution in [-0.2, 0) is 14.4 Å². The fraction of sp³-hybridized carbons (Fsp3) is 0.560. The maximum atomic E-state index is 12.9. The molecule has 1 heterocycles. The summed E-state index contributed by atoms with van der Waals surface area (Å²) in [5.74, 6) is -1.09. The van der Waals surface area contributed by atoms with Crippen LogP contribution in [-0.4, -0.2) is 61.6 Å². The lowest BCUT2D eigenvalue weighted by molar-refractivity contribution is -0.160. The molecule has 1 N–H and O–H groups in total. The predicted octanol–water partition coefficient (Wildman–Crippen LogP) is 3.81. The SMILES string of the molecule is CCC(C)(C)C(=O)C(=O)N1CCCC(CC=Cc2cc(OC)c(OC)c(OC)c2)C1C(=O)O. The van der Waals surface area contributed by atoms with Crippen molar-refractivity contribution < 1.29 is 33.7 Å². The second-order valence-electron chi connectivity index (χ2n) is 8.85. The first-order chi connectivity index (χ1) is 15.6. The Morgan fingerprint density at radius 2 is 1.73 bits per heavy atom. The molecule has 2 atom stereocenters. The molecule has 182 valence electrons. The topological polar surface area (TPSA) is 102 Å². The van der Waals surface area contributed by atoms with Crippen molar-refractivity contribution in [3.63, 3.8) is 0 Å². The Morgan fingerprint density at radius 1 is 1.12 bits per heavy atom. The lowest BCUT2D eigenvalue weighted by atomic mass is 9.82. The van der Waals surface area contributed by atoms with Crippen molar-refractivity contribution in [1.82, 2.24) is 4.90 Å². The van der Waals surface area contributed by atoms with Crippen LogP contribution in [0.25, 0.3) is 6.08 Å². The number of aliphatic carboxylic acids is 1. The number of nitrogens with zero attached hydrogens (tertiary/aromatic N) is 1. The van der Waals surface area contributed by atoms with Gasteiger partial charge in [-0.3, -0.25) is 9.59 Å². The molecular weight excluding hydrogens is 426 g/mol. The minimum atomic E-state index is -1.09. The average Bonchev–Trinajstić information content (AvgIpc) is 2.81. The van der Waals surface area contributed by atoms with Gasteiger partial charge in [0.2, 0.25) is 11.5 Å². The maximum Gasteiger partial charge on any atom is 0.326 e. The molecule has 1 aliphatic rings. The third-order valence-corrected chi connectivity index (χ3v) is 6.40. The zero-order valence-corrected chi connectivity index (χ0v) is 20.3. The van der Waals surface area contributed by atoms with Gasteiger partial charge in [0.1, 0.15) is 6.04 Å². The summed E-state index contributed by atoms with van der Waals surface area (Å²) >= 11 is 0. The first kappa shape index (κ1) is 26.2. The third-order valence-electron chi connectivity index (χ3n) is 6.40. The Bertz CT molecular complexity index is 881. The number of carboxylic acids is 1. The zero-order valence-electron chi connectivity index (χ0n) is 20.3. The van der Waals surface area contributed by atoms with Crippen LogP contribution in [0.15, 0.2) is 18.2 Å². The Morgan fingerprint density at radius 3 is 2.21 bits per heavy atom. The monoisotopic (exact) mass is 461 g/mol. The number of piperidine rings is 1. The number of methoxy groups -OCH3 is 3. The Kier molecular flexibility index (Phi) is 8.91. The molecule has 0 bridgehead atoms. The summed E-state index contributed by atoms with van der Waals surface area (Å²) in [5.41, 5.74) is -0.0144. The van der Waals surface area contributed by atoms with Crippen LogP contribution < -0.4 is 14.2 Å². The van der Waals surface area contributed by atoms with Crippen LogP contribution in [0.3, 0.4) is 0 Å². The normalized spacial score (nSPS) is 18.8. The Hall–Kier alpha value is -3.03. The third kappa shape index (κ3) is 5.86. The molecule has 33 heavy (non-hydrogen) atoms. The highest BCUT2D eigenvalue weighted by Gasteiger charge is 2.43. The summed E-state index contributed by atoms with van der Waals surface area (Å²) in [6.07, 6.45) is 6.00. The van der Waals surface area contributed by atoms with E-state index in [1.165, 1.54) is 26.2 Å². The summed E-state index contributed by atoms with van der Waals surface area (Å²) in [6.45, 7) is 5.54. The van der Waals surface area contributed by atoms with Gasteiger partial charge in [-0.15, -0.1) is 0 Å². The molecule has 8 heteroatoms. The number of Topliss-reactive ketones (excluding diaryl/α,β-unsaturated/α-hetero) is 1. The zero-order chi connectivity index (χ0) is 24.8. The number of rotatable bonds is 10. The maximum absolute atomic E-state index is 12.9. The lowest BCUT2D eigenvalue weighted by Crippen LogP contribution is -2.56. The van der Waals surface area contributed by atoms with E-state index < -0.39 is 29.1 Å². The predicted molar refractivity (Wildman–Crippen MR) is 125 cm³/mol.